The first-order valence-electron chi connectivity index (χ1n) is 13.6. The van der Waals surface area contributed by atoms with E-state index in [2.05, 4.69) is 40.7 Å². The SMILES string of the molecule is CC(=O)O[C@H]1C=C2CC(O)CC[C@]2(C)C2CC[C@@]3(C)C(CCC3[C@H](C)CCCC(C)C)C21. The molecule has 0 saturated heterocycles. The molecule has 0 aromatic heterocycles. The number of ether oxygens (including phenoxy) is 1. The topological polar surface area (TPSA) is 46.5 Å². The number of fused-ring (bicyclic) bond motifs is 5. The predicted octanol–water partition coefficient (Wildman–Crippen LogP) is 6.93. The summed E-state index contributed by atoms with van der Waals surface area (Å²) >= 11 is 0. The molecule has 0 aromatic carbocycles. The molecular formula is C29H48O3. The van der Waals surface area contributed by atoms with E-state index in [1.165, 1.54) is 50.5 Å². The number of carbonyl (C=O) groups excluding carboxylic acids is 1. The molecule has 3 saturated carbocycles. The minimum Gasteiger partial charge on any atom is -0.458 e. The van der Waals surface area contributed by atoms with Crippen molar-refractivity contribution in [2.75, 3.05) is 0 Å². The zero-order valence-corrected chi connectivity index (χ0v) is 21.5. The lowest BCUT2D eigenvalue weighted by molar-refractivity contribution is -0.158. The highest BCUT2D eigenvalue weighted by atomic mass is 16.5. The molecule has 4 aliphatic carbocycles. The Kier molecular flexibility index (Phi) is 6.90. The molecule has 0 heterocycles. The number of hydrogen-bond acceptors (Lipinski definition) is 3. The number of aliphatic hydroxyl groups is 1. The monoisotopic (exact) mass is 444 g/mol. The van der Waals surface area contributed by atoms with E-state index >= 15 is 0 Å². The van der Waals surface area contributed by atoms with Crippen LogP contribution in [0.4, 0.5) is 0 Å². The highest BCUT2D eigenvalue weighted by molar-refractivity contribution is 5.66. The van der Waals surface area contributed by atoms with Crippen molar-refractivity contribution in [3.63, 3.8) is 0 Å². The molecule has 182 valence electrons. The smallest absolute Gasteiger partial charge is 0.303 e. The largest absolute Gasteiger partial charge is 0.458 e. The van der Waals surface area contributed by atoms with Gasteiger partial charge in [-0.05, 0) is 91.4 Å². The van der Waals surface area contributed by atoms with Gasteiger partial charge in [0, 0.05) is 12.8 Å². The minimum atomic E-state index is -0.236. The van der Waals surface area contributed by atoms with Gasteiger partial charge in [-0.15, -0.1) is 0 Å². The predicted molar refractivity (Wildman–Crippen MR) is 130 cm³/mol. The lowest BCUT2D eigenvalue weighted by Crippen LogP contribution is -2.55. The number of carbonyl (C=O) groups is 1. The average molecular weight is 445 g/mol. The Balaban J connectivity index is 1.60. The standard InChI is InChI=1S/C29H48O3/c1-18(2)8-7-9-19(3)23-10-11-24-27-25(13-15-29(23,24)6)28(5)14-12-22(31)16-21(28)17-26(27)32-20(4)30/h17-19,22-27,31H,7-16H2,1-6H3/t19-,22?,23?,24?,25?,26+,27?,28+,29-/m1/s1. The van der Waals surface area contributed by atoms with Crippen LogP contribution in [0.25, 0.3) is 0 Å². The van der Waals surface area contributed by atoms with E-state index in [9.17, 15) is 9.90 Å². The van der Waals surface area contributed by atoms with Gasteiger partial charge in [-0.1, -0.05) is 59.5 Å². The van der Waals surface area contributed by atoms with Crippen molar-refractivity contribution < 1.29 is 14.6 Å². The second kappa shape index (κ2) is 9.08. The molecule has 9 atom stereocenters. The summed E-state index contributed by atoms with van der Waals surface area (Å²) in [5, 5.41) is 10.4. The summed E-state index contributed by atoms with van der Waals surface area (Å²) < 4.78 is 6.03. The van der Waals surface area contributed by atoms with Gasteiger partial charge >= 0.3 is 5.97 Å². The maximum atomic E-state index is 12.1. The fourth-order valence-corrected chi connectivity index (χ4v) is 8.93. The molecule has 5 unspecified atom stereocenters. The molecule has 0 aliphatic heterocycles. The number of rotatable bonds is 6. The van der Waals surface area contributed by atoms with E-state index in [-0.39, 0.29) is 23.6 Å². The number of hydrogen-bond donors (Lipinski definition) is 1. The molecule has 0 bridgehead atoms. The molecule has 4 aliphatic rings. The van der Waals surface area contributed by atoms with Crippen LogP contribution >= 0.6 is 0 Å². The van der Waals surface area contributed by atoms with Gasteiger partial charge in [-0.25, -0.2) is 0 Å². The van der Waals surface area contributed by atoms with Crippen LogP contribution in [0.15, 0.2) is 11.6 Å². The van der Waals surface area contributed by atoms with Crippen LogP contribution in [0, 0.1) is 46.3 Å². The maximum absolute atomic E-state index is 12.1. The first-order valence-corrected chi connectivity index (χ1v) is 13.6. The van der Waals surface area contributed by atoms with Crippen molar-refractivity contribution in [1.82, 2.24) is 0 Å². The van der Waals surface area contributed by atoms with Crippen LogP contribution < -0.4 is 0 Å². The van der Waals surface area contributed by atoms with Gasteiger partial charge in [0.2, 0.25) is 0 Å². The summed E-state index contributed by atoms with van der Waals surface area (Å²) in [6.45, 7) is 13.8. The number of esters is 1. The maximum Gasteiger partial charge on any atom is 0.303 e. The van der Waals surface area contributed by atoms with Gasteiger partial charge in [-0.2, -0.15) is 0 Å². The molecule has 0 amide bonds. The highest BCUT2D eigenvalue weighted by Gasteiger charge is 2.61. The number of aliphatic hydroxyl groups excluding tert-OH is 1. The van der Waals surface area contributed by atoms with Crippen molar-refractivity contribution in [1.29, 1.82) is 0 Å². The highest BCUT2D eigenvalue weighted by Crippen LogP contribution is 2.67. The lowest BCUT2D eigenvalue weighted by atomic mass is 9.46. The van der Waals surface area contributed by atoms with Crippen LogP contribution in [0.5, 0.6) is 0 Å². The molecule has 0 spiro atoms. The average Bonchev–Trinajstić information content (AvgIpc) is 3.05. The molecule has 32 heavy (non-hydrogen) atoms. The van der Waals surface area contributed by atoms with E-state index in [1.807, 2.05) is 0 Å². The van der Waals surface area contributed by atoms with E-state index in [4.69, 9.17) is 4.74 Å². The van der Waals surface area contributed by atoms with Crippen LogP contribution in [-0.4, -0.2) is 23.3 Å². The van der Waals surface area contributed by atoms with Crippen molar-refractivity contribution in [2.45, 2.75) is 118 Å². The molecule has 3 fully saturated rings. The molecule has 0 aromatic rings. The summed E-state index contributed by atoms with van der Waals surface area (Å²) in [5.74, 6) is 3.88. The van der Waals surface area contributed by atoms with Crippen LogP contribution in [0.1, 0.15) is 106 Å². The zero-order chi connectivity index (χ0) is 23.3. The van der Waals surface area contributed by atoms with Gasteiger partial charge in [0.05, 0.1) is 6.10 Å². The van der Waals surface area contributed by atoms with Gasteiger partial charge in [0.25, 0.3) is 0 Å². The van der Waals surface area contributed by atoms with Gasteiger partial charge in [0.15, 0.2) is 0 Å². The fourth-order valence-electron chi connectivity index (χ4n) is 8.93. The van der Waals surface area contributed by atoms with Gasteiger partial charge in [0.1, 0.15) is 6.10 Å². The second-order valence-electron chi connectivity index (χ2n) is 12.9. The third kappa shape index (κ3) is 4.21. The quantitative estimate of drug-likeness (QED) is 0.357. The fraction of sp³-hybridized carbons (Fsp3) is 0.897. The van der Waals surface area contributed by atoms with E-state index < -0.39 is 0 Å². The van der Waals surface area contributed by atoms with Gasteiger partial charge in [-0.3, -0.25) is 4.79 Å². The summed E-state index contributed by atoms with van der Waals surface area (Å²) in [6.07, 6.45) is 13.9. The Morgan fingerprint density at radius 3 is 2.53 bits per heavy atom. The summed E-state index contributed by atoms with van der Waals surface area (Å²) in [6, 6.07) is 0. The Bertz CT molecular complexity index is 726. The van der Waals surface area contributed by atoms with Crippen molar-refractivity contribution in [3.05, 3.63) is 11.6 Å². The zero-order valence-electron chi connectivity index (χ0n) is 21.5. The third-order valence-electron chi connectivity index (χ3n) is 10.6. The second-order valence-corrected chi connectivity index (χ2v) is 12.9. The molecule has 4 rings (SSSR count). The molecule has 0 radical (unpaired) electrons. The molecule has 1 N–H and O–H groups in total. The minimum absolute atomic E-state index is 0.106. The Hall–Kier alpha value is -0.830. The van der Waals surface area contributed by atoms with Crippen molar-refractivity contribution >= 4 is 5.97 Å². The van der Waals surface area contributed by atoms with E-state index in [0.29, 0.717) is 23.2 Å². The van der Waals surface area contributed by atoms with Crippen molar-refractivity contribution in [3.8, 4) is 0 Å². The first-order chi connectivity index (χ1) is 15.1. The summed E-state index contributed by atoms with van der Waals surface area (Å²) in [7, 11) is 0. The Labute approximate surface area is 196 Å². The Morgan fingerprint density at radius 2 is 1.84 bits per heavy atom. The summed E-state index contributed by atoms with van der Waals surface area (Å²) in [4.78, 5) is 12.1. The third-order valence-corrected chi connectivity index (χ3v) is 10.6. The van der Waals surface area contributed by atoms with Crippen LogP contribution in [0.3, 0.4) is 0 Å². The van der Waals surface area contributed by atoms with Crippen molar-refractivity contribution in [2.24, 2.45) is 46.3 Å². The molecule has 3 nitrogen and oxygen atoms in total. The Morgan fingerprint density at radius 1 is 1.09 bits per heavy atom. The summed E-state index contributed by atoms with van der Waals surface area (Å²) in [5.41, 5.74) is 1.90. The van der Waals surface area contributed by atoms with E-state index in [1.54, 1.807) is 6.92 Å². The van der Waals surface area contributed by atoms with Gasteiger partial charge < -0.3 is 9.84 Å². The van der Waals surface area contributed by atoms with Crippen LogP contribution in [-0.2, 0) is 9.53 Å². The molecular weight excluding hydrogens is 396 g/mol. The van der Waals surface area contributed by atoms with E-state index in [0.717, 1.165) is 37.0 Å². The normalized spacial score (nSPS) is 44.3. The first kappa shape index (κ1) is 24.3. The lowest BCUT2D eigenvalue weighted by Gasteiger charge is -2.59. The molecule has 3 heteroatoms. The van der Waals surface area contributed by atoms with Crippen LogP contribution in [0.2, 0.25) is 0 Å².